The standard InChI is InChI=1S/C15H15BrFN3O/c1-18-14-13(7-12(17)8-19-14)15(21)20(2)9-10-4-3-5-11(16)6-10/h3-8H,9H2,1-2H3,(H,18,19). The Balaban J connectivity index is 2.21. The molecule has 0 saturated carbocycles. The number of anilines is 1. The van der Waals surface area contributed by atoms with Crippen LogP contribution in [0.3, 0.4) is 0 Å². The molecular formula is C15H15BrFN3O. The Hall–Kier alpha value is -1.95. The highest BCUT2D eigenvalue weighted by atomic mass is 79.9. The van der Waals surface area contributed by atoms with Crippen molar-refractivity contribution >= 4 is 27.7 Å². The highest BCUT2D eigenvalue weighted by molar-refractivity contribution is 9.10. The quantitative estimate of drug-likeness (QED) is 0.919. The van der Waals surface area contributed by atoms with Crippen molar-refractivity contribution in [1.29, 1.82) is 0 Å². The number of hydrogen-bond acceptors (Lipinski definition) is 3. The Morgan fingerprint density at radius 1 is 1.43 bits per heavy atom. The van der Waals surface area contributed by atoms with E-state index in [4.69, 9.17) is 0 Å². The van der Waals surface area contributed by atoms with Crippen molar-refractivity contribution in [3.63, 3.8) is 0 Å². The zero-order chi connectivity index (χ0) is 15.4. The molecule has 0 atom stereocenters. The highest BCUT2D eigenvalue weighted by Gasteiger charge is 2.17. The van der Waals surface area contributed by atoms with E-state index in [0.29, 0.717) is 12.4 Å². The smallest absolute Gasteiger partial charge is 0.257 e. The number of nitrogens with one attached hydrogen (secondary N) is 1. The van der Waals surface area contributed by atoms with E-state index in [1.54, 1.807) is 14.1 Å². The molecule has 1 aromatic carbocycles. The Labute approximate surface area is 131 Å². The number of halogens is 2. The van der Waals surface area contributed by atoms with Crippen molar-refractivity contribution in [2.24, 2.45) is 0 Å². The lowest BCUT2D eigenvalue weighted by Gasteiger charge is -2.19. The monoisotopic (exact) mass is 351 g/mol. The van der Waals surface area contributed by atoms with Crippen LogP contribution in [0, 0.1) is 5.82 Å². The van der Waals surface area contributed by atoms with E-state index < -0.39 is 5.82 Å². The predicted octanol–water partition coefficient (Wildman–Crippen LogP) is 3.30. The van der Waals surface area contributed by atoms with Crippen molar-refractivity contribution in [2.45, 2.75) is 6.54 Å². The summed E-state index contributed by atoms with van der Waals surface area (Å²) in [7, 11) is 3.32. The Bertz CT molecular complexity index is 663. The van der Waals surface area contributed by atoms with Crippen LogP contribution in [-0.2, 0) is 6.54 Å². The fourth-order valence-electron chi connectivity index (χ4n) is 1.99. The summed E-state index contributed by atoms with van der Waals surface area (Å²) in [6.07, 6.45) is 1.08. The minimum absolute atomic E-state index is 0.218. The number of carbonyl (C=O) groups is 1. The molecule has 0 aliphatic carbocycles. The van der Waals surface area contributed by atoms with Crippen molar-refractivity contribution in [3.05, 3.63) is 57.9 Å². The number of nitrogens with zero attached hydrogens (tertiary/aromatic N) is 2. The van der Waals surface area contributed by atoms with Gasteiger partial charge in [-0.1, -0.05) is 28.1 Å². The number of hydrogen-bond donors (Lipinski definition) is 1. The van der Waals surface area contributed by atoms with E-state index in [0.717, 1.165) is 16.2 Å². The van der Waals surface area contributed by atoms with Gasteiger partial charge in [0.15, 0.2) is 0 Å². The molecule has 0 aliphatic rings. The van der Waals surface area contributed by atoms with Crippen molar-refractivity contribution in [3.8, 4) is 0 Å². The molecule has 0 aliphatic heterocycles. The molecule has 0 unspecified atom stereocenters. The summed E-state index contributed by atoms with van der Waals surface area (Å²) >= 11 is 3.39. The largest absolute Gasteiger partial charge is 0.372 e. The minimum atomic E-state index is -0.534. The lowest BCUT2D eigenvalue weighted by atomic mass is 10.2. The number of pyridine rings is 1. The van der Waals surface area contributed by atoms with E-state index in [2.05, 4.69) is 26.2 Å². The van der Waals surface area contributed by atoms with E-state index in [9.17, 15) is 9.18 Å². The van der Waals surface area contributed by atoms with Gasteiger partial charge < -0.3 is 10.2 Å². The normalized spacial score (nSPS) is 10.3. The number of aromatic nitrogens is 1. The maximum absolute atomic E-state index is 13.3. The van der Waals surface area contributed by atoms with Gasteiger partial charge in [0, 0.05) is 25.1 Å². The molecule has 0 radical (unpaired) electrons. The highest BCUT2D eigenvalue weighted by Crippen LogP contribution is 2.18. The molecule has 2 aromatic rings. The average Bonchev–Trinajstić information content (AvgIpc) is 2.46. The van der Waals surface area contributed by atoms with Gasteiger partial charge in [0.25, 0.3) is 5.91 Å². The first-order chi connectivity index (χ1) is 10.0. The molecule has 4 nitrogen and oxygen atoms in total. The Morgan fingerprint density at radius 3 is 2.86 bits per heavy atom. The topological polar surface area (TPSA) is 45.2 Å². The summed E-state index contributed by atoms with van der Waals surface area (Å²) in [4.78, 5) is 17.8. The maximum atomic E-state index is 13.3. The lowest BCUT2D eigenvalue weighted by molar-refractivity contribution is 0.0785. The molecule has 2 rings (SSSR count). The Morgan fingerprint density at radius 2 is 2.19 bits per heavy atom. The summed E-state index contributed by atoms with van der Waals surface area (Å²) in [5.41, 5.74) is 1.20. The summed E-state index contributed by atoms with van der Waals surface area (Å²) in [6, 6.07) is 8.88. The van der Waals surface area contributed by atoms with E-state index >= 15 is 0 Å². The minimum Gasteiger partial charge on any atom is -0.372 e. The van der Waals surface area contributed by atoms with Gasteiger partial charge in [0.1, 0.15) is 11.6 Å². The summed E-state index contributed by atoms with van der Waals surface area (Å²) in [6.45, 7) is 0.429. The fourth-order valence-corrected chi connectivity index (χ4v) is 2.43. The first-order valence-electron chi connectivity index (χ1n) is 6.34. The number of rotatable bonds is 4. The van der Waals surface area contributed by atoms with Crippen LogP contribution >= 0.6 is 15.9 Å². The first kappa shape index (κ1) is 15.4. The van der Waals surface area contributed by atoms with Gasteiger partial charge in [-0.15, -0.1) is 0 Å². The van der Waals surface area contributed by atoms with Gasteiger partial charge in [0.05, 0.1) is 11.8 Å². The second-order valence-corrected chi connectivity index (χ2v) is 5.51. The number of carbonyl (C=O) groups excluding carboxylic acids is 1. The van der Waals surface area contributed by atoms with E-state index in [1.165, 1.54) is 11.0 Å². The van der Waals surface area contributed by atoms with Gasteiger partial charge in [-0.05, 0) is 23.8 Å². The Kier molecular flexibility index (Phi) is 4.90. The molecule has 1 amide bonds. The molecule has 0 spiro atoms. The van der Waals surface area contributed by atoms with Crippen LogP contribution in [0.4, 0.5) is 10.2 Å². The van der Waals surface area contributed by atoms with Crippen LogP contribution in [0.25, 0.3) is 0 Å². The maximum Gasteiger partial charge on any atom is 0.257 e. The van der Waals surface area contributed by atoms with Gasteiger partial charge in [-0.25, -0.2) is 9.37 Å². The number of benzene rings is 1. The second kappa shape index (κ2) is 6.67. The van der Waals surface area contributed by atoms with Gasteiger partial charge >= 0.3 is 0 Å². The van der Waals surface area contributed by atoms with Gasteiger partial charge in [-0.2, -0.15) is 0 Å². The number of amides is 1. The van der Waals surface area contributed by atoms with Crippen LogP contribution in [0.2, 0.25) is 0 Å². The predicted molar refractivity (Wildman–Crippen MR) is 83.7 cm³/mol. The molecule has 0 bridgehead atoms. The van der Waals surface area contributed by atoms with E-state index in [-0.39, 0.29) is 11.5 Å². The van der Waals surface area contributed by atoms with Crippen molar-refractivity contribution in [2.75, 3.05) is 19.4 Å². The van der Waals surface area contributed by atoms with Crippen LogP contribution < -0.4 is 5.32 Å². The molecule has 1 N–H and O–H groups in total. The second-order valence-electron chi connectivity index (χ2n) is 4.59. The SMILES string of the molecule is CNc1ncc(F)cc1C(=O)N(C)Cc1cccc(Br)c1. The lowest BCUT2D eigenvalue weighted by Crippen LogP contribution is -2.27. The molecular weight excluding hydrogens is 337 g/mol. The van der Waals surface area contributed by atoms with Crippen LogP contribution in [0.15, 0.2) is 41.0 Å². The zero-order valence-electron chi connectivity index (χ0n) is 11.7. The van der Waals surface area contributed by atoms with Crippen LogP contribution in [-0.4, -0.2) is 29.9 Å². The van der Waals surface area contributed by atoms with Crippen molar-refractivity contribution < 1.29 is 9.18 Å². The molecule has 1 heterocycles. The summed E-state index contributed by atoms with van der Waals surface area (Å²) in [5.74, 6) is -0.456. The average molecular weight is 352 g/mol. The fraction of sp³-hybridized carbons (Fsp3) is 0.200. The van der Waals surface area contributed by atoms with Crippen molar-refractivity contribution in [1.82, 2.24) is 9.88 Å². The third kappa shape index (κ3) is 3.78. The summed E-state index contributed by atoms with van der Waals surface area (Å²) in [5, 5.41) is 2.80. The van der Waals surface area contributed by atoms with E-state index in [1.807, 2.05) is 24.3 Å². The van der Waals surface area contributed by atoms with Crippen LogP contribution in [0.1, 0.15) is 15.9 Å². The molecule has 110 valence electrons. The molecule has 21 heavy (non-hydrogen) atoms. The third-order valence-electron chi connectivity index (χ3n) is 2.98. The zero-order valence-corrected chi connectivity index (χ0v) is 13.3. The van der Waals surface area contributed by atoms with Gasteiger partial charge in [-0.3, -0.25) is 4.79 Å². The third-order valence-corrected chi connectivity index (χ3v) is 3.47. The molecule has 0 saturated heterocycles. The summed E-state index contributed by atoms with van der Waals surface area (Å²) < 4.78 is 14.3. The van der Waals surface area contributed by atoms with Gasteiger partial charge in [0.2, 0.25) is 0 Å². The van der Waals surface area contributed by atoms with Crippen LogP contribution in [0.5, 0.6) is 0 Å². The molecule has 1 aromatic heterocycles. The molecule has 6 heteroatoms. The first-order valence-corrected chi connectivity index (χ1v) is 7.13. The molecule has 0 fully saturated rings.